The molecule has 0 aromatic heterocycles. The van der Waals surface area contributed by atoms with Gasteiger partial charge < -0.3 is 9.80 Å². The molecule has 7 nitrogen and oxygen atoms in total. The van der Waals surface area contributed by atoms with E-state index in [0.29, 0.717) is 61.8 Å². The lowest BCUT2D eigenvalue weighted by molar-refractivity contribution is -0.117. The molecular weight excluding hydrogens is 402 g/mol. The summed E-state index contributed by atoms with van der Waals surface area (Å²) in [6, 6.07) is 5.16. The van der Waals surface area contributed by atoms with E-state index in [-0.39, 0.29) is 29.4 Å². The van der Waals surface area contributed by atoms with E-state index in [2.05, 4.69) is 4.90 Å². The van der Waals surface area contributed by atoms with E-state index in [1.54, 1.807) is 28.0 Å². The number of hydrogen-bond donors (Lipinski definition) is 0. The summed E-state index contributed by atoms with van der Waals surface area (Å²) in [5.74, 6) is 0.445. The molecule has 0 saturated carbocycles. The van der Waals surface area contributed by atoms with Crippen molar-refractivity contribution in [2.24, 2.45) is 0 Å². The minimum atomic E-state index is -2.91. The third-order valence-corrected chi connectivity index (χ3v) is 7.95. The van der Waals surface area contributed by atoms with Crippen LogP contribution in [-0.4, -0.2) is 80.3 Å². The number of hydrogen-bond acceptors (Lipinski definition) is 5. The van der Waals surface area contributed by atoms with Crippen LogP contribution in [0.4, 0.5) is 5.69 Å². The highest BCUT2D eigenvalue weighted by Crippen LogP contribution is 2.31. The summed E-state index contributed by atoms with van der Waals surface area (Å²) in [4.78, 5) is 30.6. The Bertz CT molecular complexity index is 896. The molecule has 0 unspecified atom stereocenters. The maximum absolute atomic E-state index is 13.0. The molecule has 3 aliphatic heterocycles. The van der Waals surface area contributed by atoms with Crippen molar-refractivity contribution in [3.05, 3.63) is 28.8 Å². The molecular formula is C19H24ClN3O4S. The average Bonchev–Trinajstić information content (AvgIpc) is 3.27. The van der Waals surface area contributed by atoms with Crippen LogP contribution in [0.3, 0.4) is 0 Å². The Kier molecular flexibility index (Phi) is 5.37. The fraction of sp³-hybridized carbons (Fsp3) is 0.579. The van der Waals surface area contributed by atoms with Gasteiger partial charge >= 0.3 is 0 Å². The van der Waals surface area contributed by atoms with Crippen LogP contribution in [0.1, 0.15) is 29.6 Å². The van der Waals surface area contributed by atoms with E-state index >= 15 is 0 Å². The third kappa shape index (κ3) is 3.90. The van der Waals surface area contributed by atoms with Crippen molar-refractivity contribution < 1.29 is 18.0 Å². The van der Waals surface area contributed by atoms with Gasteiger partial charge in [-0.25, -0.2) is 8.42 Å². The Balaban J connectivity index is 1.42. The fourth-order valence-corrected chi connectivity index (χ4v) is 6.27. The lowest BCUT2D eigenvalue weighted by Gasteiger charge is -2.37. The molecule has 3 heterocycles. The third-order valence-electron chi connectivity index (χ3n) is 5.88. The zero-order valence-electron chi connectivity index (χ0n) is 15.6. The first-order chi connectivity index (χ1) is 13.3. The van der Waals surface area contributed by atoms with E-state index in [0.717, 1.165) is 6.42 Å². The number of benzene rings is 1. The molecule has 0 spiro atoms. The van der Waals surface area contributed by atoms with Crippen molar-refractivity contribution in [1.82, 2.24) is 9.80 Å². The first-order valence-electron chi connectivity index (χ1n) is 9.68. The Morgan fingerprint density at radius 1 is 1.11 bits per heavy atom. The van der Waals surface area contributed by atoms with Crippen LogP contribution in [-0.2, 0) is 14.6 Å². The molecule has 4 rings (SSSR count). The molecule has 0 N–H and O–H groups in total. The van der Waals surface area contributed by atoms with Crippen LogP contribution < -0.4 is 4.90 Å². The SMILES string of the molecule is O=C(c1ccc(Cl)c(N2CCCC2=O)c1)N1CCN([C@@H]2CCS(=O)(=O)C2)CC1. The van der Waals surface area contributed by atoms with Gasteiger partial charge in [0.15, 0.2) is 9.84 Å². The molecule has 3 fully saturated rings. The number of carbonyl (C=O) groups is 2. The number of nitrogens with zero attached hydrogens (tertiary/aromatic N) is 3. The second-order valence-corrected chi connectivity index (χ2v) is 10.3. The highest BCUT2D eigenvalue weighted by Gasteiger charge is 2.34. The van der Waals surface area contributed by atoms with Crippen molar-refractivity contribution in [3.63, 3.8) is 0 Å². The van der Waals surface area contributed by atoms with Crippen molar-refractivity contribution in [2.45, 2.75) is 25.3 Å². The van der Waals surface area contributed by atoms with Crippen LogP contribution in [0, 0.1) is 0 Å². The maximum Gasteiger partial charge on any atom is 0.254 e. The van der Waals surface area contributed by atoms with E-state index in [4.69, 9.17) is 11.6 Å². The largest absolute Gasteiger partial charge is 0.336 e. The van der Waals surface area contributed by atoms with Gasteiger partial charge in [0, 0.05) is 50.7 Å². The zero-order valence-corrected chi connectivity index (χ0v) is 17.2. The lowest BCUT2D eigenvalue weighted by Crippen LogP contribution is -2.52. The Labute approximate surface area is 170 Å². The molecule has 3 saturated heterocycles. The summed E-state index contributed by atoms with van der Waals surface area (Å²) in [5.41, 5.74) is 1.13. The molecule has 3 aliphatic rings. The van der Waals surface area contributed by atoms with Gasteiger partial charge in [-0.15, -0.1) is 0 Å². The fourth-order valence-electron chi connectivity index (χ4n) is 4.29. The van der Waals surface area contributed by atoms with Gasteiger partial charge in [0.1, 0.15) is 0 Å². The monoisotopic (exact) mass is 425 g/mol. The molecule has 1 aromatic carbocycles. The summed E-state index contributed by atoms with van der Waals surface area (Å²) in [6.07, 6.45) is 1.99. The van der Waals surface area contributed by atoms with E-state index < -0.39 is 9.84 Å². The summed E-state index contributed by atoms with van der Waals surface area (Å²) in [7, 11) is -2.91. The van der Waals surface area contributed by atoms with Crippen LogP contribution >= 0.6 is 11.6 Å². The summed E-state index contributed by atoms with van der Waals surface area (Å²) in [5, 5.41) is 0.471. The highest BCUT2D eigenvalue weighted by molar-refractivity contribution is 7.91. The number of amides is 2. The van der Waals surface area contributed by atoms with Crippen LogP contribution in [0.15, 0.2) is 18.2 Å². The van der Waals surface area contributed by atoms with Crippen molar-refractivity contribution in [2.75, 3.05) is 49.1 Å². The number of halogens is 1. The standard InChI is InChI=1S/C19H24ClN3O4S/c20-16-4-3-14(12-17(16)23-6-1-2-18(23)24)19(25)22-9-7-21(8-10-22)15-5-11-28(26,27)13-15/h3-4,12,15H,1-2,5-11,13H2/t15-/m1/s1. The average molecular weight is 426 g/mol. The zero-order chi connectivity index (χ0) is 19.9. The lowest BCUT2D eigenvalue weighted by atomic mass is 10.1. The summed E-state index contributed by atoms with van der Waals surface area (Å²) >= 11 is 6.27. The number of carbonyl (C=O) groups excluding carboxylic acids is 2. The molecule has 152 valence electrons. The summed E-state index contributed by atoms with van der Waals surface area (Å²) < 4.78 is 23.4. The quantitative estimate of drug-likeness (QED) is 0.731. The molecule has 1 aromatic rings. The van der Waals surface area contributed by atoms with Gasteiger partial charge in [0.05, 0.1) is 22.2 Å². The Morgan fingerprint density at radius 2 is 1.86 bits per heavy atom. The molecule has 0 radical (unpaired) electrons. The van der Waals surface area contributed by atoms with Gasteiger partial charge in [0.25, 0.3) is 5.91 Å². The molecule has 2 amide bonds. The molecule has 28 heavy (non-hydrogen) atoms. The number of piperazine rings is 1. The van der Waals surface area contributed by atoms with Crippen LogP contribution in [0.25, 0.3) is 0 Å². The topological polar surface area (TPSA) is 78.0 Å². The molecule has 0 aliphatic carbocycles. The normalized spacial score (nSPS) is 25.5. The molecule has 9 heteroatoms. The van der Waals surface area contributed by atoms with Gasteiger partial charge in [-0.3, -0.25) is 14.5 Å². The Hall–Kier alpha value is -1.64. The van der Waals surface area contributed by atoms with Gasteiger partial charge in [-0.2, -0.15) is 0 Å². The second-order valence-electron chi connectivity index (χ2n) is 7.70. The maximum atomic E-state index is 13.0. The van der Waals surface area contributed by atoms with Crippen LogP contribution in [0.5, 0.6) is 0 Å². The smallest absolute Gasteiger partial charge is 0.254 e. The first kappa shape index (κ1) is 19.7. The minimum Gasteiger partial charge on any atom is -0.336 e. The number of rotatable bonds is 3. The first-order valence-corrected chi connectivity index (χ1v) is 11.9. The van der Waals surface area contributed by atoms with E-state index in [9.17, 15) is 18.0 Å². The van der Waals surface area contributed by atoms with Gasteiger partial charge in [0.2, 0.25) is 5.91 Å². The van der Waals surface area contributed by atoms with Crippen molar-refractivity contribution >= 4 is 38.9 Å². The van der Waals surface area contributed by atoms with Gasteiger partial charge in [-0.05, 0) is 31.0 Å². The summed E-state index contributed by atoms with van der Waals surface area (Å²) in [6.45, 7) is 3.11. The van der Waals surface area contributed by atoms with E-state index in [1.165, 1.54) is 0 Å². The Morgan fingerprint density at radius 3 is 2.46 bits per heavy atom. The highest BCUT2D eigenvalue weighted by atomic mass is 35.5. The molecule has 0 bridgehead atoms. The van der Waals surface area contributed by atoms with Crippen LogP contribution in [0.2, 0.25) is 5.02 Å². The number of anilines is 1. The molecule has 1 atom stereocenters. The van der Waals surface area contributed by atoms with E-state index in [1.807, 2.05) is 0 Å². The van der Waals surface area contributed by atoms with Gasteiger partial charge in [-0.1, -0.05) is 11.6 Å². The number of sulfone groups is 1. The predicted molar refractivity (Wildman–Crippen MR) is 108 cm³/mol. The van der Waals surface area contributed by atoms with Crippen molar-refractivity contribution in [1.29, 1.82) is 0 Å². The minimum absolute atomic E-state index is 0.0339. The van der Waals surface area contributed by atoms with Crippen molar-refractivity contribution in [3.8, 4) is 0 Å². The second kappa shape index (κ2) is 7.65. The predicted octanol–water partition coefficient (Wildman–Crippen LogP) is 1.41.